The topological polar surface area (TPSA) is 46.2 Å². The molecule has 58 valence electrons. The summed E-state index contributed by atoms with van der Waals surface area (Å²) in [5.74, 6) is 0. The van der Waals surface area contributed by atoms with Crippen LogP contribution in [0.3, 0.4) is 0 Å². The van der Waals surface area contributed by atoms with Gasteiger partial charge in [0.1, 0.15) is 0 Å². The van der Waals surface area contributed by atoms with E-state index in [1.165, 1.54) is 6.26 Å². The number of sulfone groups is 1. The maximum absolute atomic E-state index is 11.2. The zero-order chi connectivity index (χ0) is 7.41. The van der Waals surface area contributed by atoms with Gasteiger partial charge in [-0.1, -0.05) is 0 Å². The van der Waals surface area contributed by atoms with E-state index in [4.69, 9.17) is 0 Å². The van der Waals surface area contributed by atoms with Crippen LogP contribution in [0.4, 0.5) is 0 Å². The van der Waals surface area contributed by atoms with Gasteiger partial charge in [0.2, 0.25) is 0 Å². The summed E-state index contributed by atoms with van der Waals surface area (Å²) in [7, 11) is -2.80. The quantitative estimate of drug-likeness (QED) is 0.566. The Labute approximate surface area is 60.7 Å². The zero-order valence-corrected chi connectivity index (χ0v) is 6.74. The predicted molar refractivity (Wildman–Crippen MR) is 38.6 cm³/mol. The van der Waals surface area contributed by atoms with Crippen LogP contribution in [0.1, 0.15) is 12.8 Å². The molecule has 2 heterocycles. The minimum atomic E-state index is -2.80. The highest BCUT2D eigenvalue weighted by Crippen LogP contribution is 2.43. The first-order valence-electron chi connectivity index (χ1n) is 3.47. The van der Waals surface area contributed by atoms with Gasteiger partial charge in [0.25, 0.3) is 0 Å². The van der Waals surface area contributed by atoms with E-state index in [1.54, 1.807) is 0 Å². The highest BCUT2D eigenvalue weighted by molar-refractivity contribution is 7.92. The molecule has 0 aromatic heterocycles. The zero-order valence-electron chi connectivity index (χ0n) is 5.92. The maximum atomic E-state index is 11.2. The normalized spacial score (nSPS) is 45.1. The molecule has 2 saturated heterocycles. The SMILES string of the molecule is CS(=O)(=O)C12CNC(C1)C2. The summed E-state index contributed by atoms with van der Waals surface area (Å²) >= 11 is 0. The van der Waals surface area contributed by atoms with Crippen LogP contribution in [0.15, 0.2) is 0 Å². The smallest absolute Gasteiger partial charge is 0.154 e. The van der Waals surface area contributed by atoms with E-state index in [0.29, 0.717) is 12.6 Å². The molecule has 1 saturated carbocycles. The lowest BCUT2D eigenvalue weighted by atomic mass is 9.85. The average molecular weight is 161 g/mol. The van der Waals surface area contributed by atoms with E-state index in [2.05, 4.69) is 5.32 Å². The Balaban J connectivity index is 2.35. The van der Waals surface area contributed by atoms with Gasteiger partial charge in [-0.15, -0.1) is 0 Å². The van der Waals surface area contributed by atoms with Gasteiger partial charge in [0.05, 0.1) is 4.75 Å². The van der Waals surface area contributed by atoms with Crippen molar-refractivity contribution in [3.63, 3.8) is 0 Å². The Kier molecular flexibility index (Phi) is 1.03. The van der Waals surface area contributed by atoms with E-state index >= 15 is 0 Å². The maximum Gasteiger partial charge on any atom is 0.154 e. The number of hydrogen-bond donors (Lipinski definition) is 1. The predicted octanol–water partition coefficient (Wildman–Crippen LogP) is -0.465. The summed E-state index contributed by atoms with van der Waals surface area (Å²) in [5.41, 5.74) is 0. The lowest BCUT2D eigenvalue weighted by Gasteiger charge is -2.34. The van der Waals surface area contributed by atoms with E-state index in [0.717, 1.165) is 12.8 Å². The molecule has 4 heteroatoms. The van der Waals surface area contributed by atoms with Gasteiger partial charge in [0, 0.05) is 18.8 Å². The van der Waals surface area contributed by atoms with Crippen molar-refractivity contribution in [2.24, 2.45) is 0 Å². The van der Waals surface area contributed by atoms with Crippen LogP contribution >= 0.6 is 0 Å². The molecule has 3 aliphatic rings. The van der Waals surface area contributed by atoms with Crippen molar-refractivity contribution < 1.29 is 8.42 Å². The van der Waals surface area contributed by atoms with Crippen LogP contribution in [0.2, 0.25) is 0 Å². The number of hydrogen-bond acceptors (Lipinski definition) is 3. The van der Waals surface area contributed by atoms with Crippen LogP contribution in [-0.4, -0.2) is 32.0 Å². The van der Waals surface area contributed by atoms with Crippen LogP contribution in [0.5, 0.6) is 0 Å². The number of rotatable bonds is 1. The van der Waals surface area contributed by atoms with Crippen LogP contribution < -0.4 is 5.32 Å². The van der Waals surface area contributed by atoms with Gasteiger partial charge in [0.15, 0.2) is 9.84 Å². The Morgan fingerprint density at radius 2 is 2.10 bits per heavy atom. The van der Waals surface area contributed by atoms with E-state index in [-0.39, 0.29) is 4.75 Å². The van der Waals surface area contributed by atoms with Crippen molar-refractivity contribution in [1.82, 2.24) is 5.32 Å². The molecule has 0 unspecified atom stereocenters. The highest BCUT2D eigenvalue weighted by atomic mass is 32.2. The summed E-state index contributed by atoms with van der Waals surface area (Å²) in [6.07, 6.45) is 3.02. The van der Waals surface area contributed by atoms with Crippen LogP contribution in [0.25, 0.3) is 0 Å². The summed E-state index contributed by atoms with van der Waals surface area (Å²) < 4.78 is 21.9. The second-order valence-electron chi connectivity index (χ2n) is 3.44. The first-order valence-corrected chi connectivity index (χ1v) is 5.36. The summed E-state index contributed by atoms with van der Waals surface area (Å²) in [6, 6.07) is 0.495. The molecule has 0 spiro atoms. The Bertz CT molecular complexity index is 245. The molecule has 0 amide bonds. The molecule has 3 rings (SSSR count). The van der Waals surface area contributed by atoms with Gasteiger partial charge in [-0.2, -0.15) is 0 Å². The Morgan fingerprint density at radius 3 is 2.30 bits per heavy atom. The molecule has 10 heavy (non-hydrogen) atoms. The van der Waals surface area contributed by atoms with E-state index in [9.17, 15) is 8.42 Å². The molecule has 0 aromatic rings. The number of nitrogens with one attached hydrogen (secondary N) is 1. The van der Waals surface area contributed by atoms with Crippen LogP contribution in [-0.2, 0) is 9.84 Å². The molecule has 0 aromatic carbocycles. The molecule has 0 atom stereocenters. The fourth-order valence-corrected chi connectivity index (χ4v) is 3.24. The average Bonchev–Trinajstić information content (AvgIpc) is 2.08. The molecule has 3 nitrogen and oxygen atoms in total. The Hall–Kier alpha value is -0.0900. The fourth-order valence-electron chi connectivity index (χ4n) is 1.89. The van der Waals surface area contributed by atoms with Gasteiger partial charge in [-0.25, -0.2) is 8.42 Å². The highest BCUT2D eigenvalue weighted by Gasteiger charge is 2.57. The van der Waals surface area contributed by atoms with Gasteiger partial charge in [-0.05, 0) is 12.8 Å². The van der Waals surface area contributed by atoms with Gasteiger partial charge >= 0.3 is 0 Å². The summed E-state index contributed by atoms with van der Waals surface area (Å²) in [6.45, 7) is 0.677. The summed E-state index contributed by atoms with van der Waals surface area (Å²) in [5, 5.41) is 3.16. The molecule has 1 N–H and O–H groups in total. The second-order valence-corrected chi connectivity index (χ2v) is 5.85. The molecule has 0 radical (unpaired) electrons. The van der Waals surface area contributed by atoms with Crippen molar-refractivity contribution in [2.75, 3.05) is 12.8 Å². The minimum absolute atomic E-state index is 0.363. The molecule has 2 aliphatic heterocycles. The van der Waals surface area contributed by atoms with Crippen molar-refractivity contribution in [1.29, 1.82) is 0 Å². The van der Waals surface area contributed by atoms with E-state index in [1.807, 2.05) is 0 Å². The Morgan fingerprint density at radius 1 is 1.50 bits per heavy atom. The van der Waals surface area contributed by atoms with Crippen LogP contribution in [0, 0.1) is 0 Å². The molecular formula is C6H11NO2S. The minimum Gasteiger partial charge on any atom is -0.312 e. The lowest BCUT2D eigenvalue weighted by Crippen LogP contribution is -2.46. The largest absolute Gasteiger partial charge is 0.312 e. The van der Waals surface area contributed by atoms with Crippen molar-refractivity contribution in [3.05, 3.63) is 0 Å². The van der Waals surface area contributed by atoms with Crippen molar-refractivity contribution in [2.45, 2.75) is 23.6 Å². The third-order valence-electron chi connectivity index (χ3n) is 2.74. The van der Waals surface area contributed by atoms with E-state index < -0.39 is 9.84 Å². The number of fused-ring (bicyclic) bond motifs is 1. The van der Waals surface area contributed by atoms with Gasteiger partial charge < -0.3 is 5.32 Å². The molecular weight excluding hydrogens is 150 g/mol. The second kappa shape index (κ2) is 1.56. The third-order valence-corrected chi connectivity index (χ3v) is 4.79. The first kappa shape index (κ1) is 6.61. The third kappa shape index (κ3) is 0.609. The molecule has 3 fully saturated rings. The van der Waals surface area contributed by atoms with Crippen molar-refractivity contribution in [3.8, 4) is 0 Å². The molecule has 1 aliphatic carbocycles. The summed E-state index contributed by atoms with van der Waals surface area (Å²) in [4.78, 5) is 0. The monoisotopic (exact) mass is 161 g/mol. The lowest BCUT2D eigenvalue weighted by molar-refractivity contribution is 0.385. The molecule has 2 bridgehead atoms. The standard InChI is InChI=1S/C6H11NO2S/c1-10(8,9)6-2-5(3-6)7-4-6/h5,7H,2-4H2,1H3. The first-order chi connectivity index (χ1) is 4.54. The fraction of sp³-hybridized carbons (Fsp3) is 1.00. The van der Waals surface area contributed by atoms with Crippen molar-refractivity contribution >= 4 is 9.84 Å². The van der Waals surface area contributed by atoms with Gasteiger partial charge in [-0.3, -0.25) is 0 Å².